The maximum Gasteiger partial charge on any atom is 0.291 e. The van der Waals surface area contributed by atoms with E-state index in [0.29, 0.717) is 17.7 Å². The van der Waals surface area contributed by atoms with Gasteiger partial charge in [-0.2, -0.15) is 0 Å². The van der Waals surface area contributed by atoms with Crippen LogP contribution in [0.3, 0.4) is 0 Å². The molecule has 7 heteroatoms. The number of anilines is 1. The smallest absolute Gasteiger partial charge is 0.291 e. The molecule has 0 aliphatic heterocycles. The summed E-state index contributed by atoms with van der Waals surface area (Å²) in [5.41, 5.74) is 6.98. The van der Waals surface area contributed by atoms with Crippen LogP contribution in [0.25, 0.3) is 0 Å². The van der Waals surface area contributed by atoms with Crippen molar-refractivity contribution in [3.8, 4) is 0 Å². The Labute approximate surface area is 151 Å². The van der Waals surface area contributed by atoms with Crippen LogP contribution in [0.4, 0.5) is 5.69 Å². The fraction of sp³-hybridized carbons (Fsp3) is 0.316. The molecule has 2 rings (SSSR count). The minimum atomic E-state index is -0.755. The highest BCUT2D eigenvalue weighted by atomic mass is 16.3. The third-order valence-electron chi connectivity index (χ3n) is 4.30. The first-order valence-corrected chi connectivity index (χ1v) is 8.39. The zero-order chi connectivity index (χ0) is 19.3. The van der Waals surface area contributed by atoms with Gasteiger partial charge in [-0.25, -0.2) is 0 Å². The lowest BCUT2D eigenvalue weighted by atomic mass is 9.98. The summed E-state index contributed by atoms with van der Waals surface area (Å²) in [5.74, 6) is -1.33. The number of carbonyl (C=O) groups is 3. The normalized spacial score (nSPS) is 12.9. The van der Waals surface area contributed by atoms with Gasteiger partial charge in [-0.15, -0.1) is 0 Å². The predicted octanol–water partition coefficient (Wildman–Crippen LogP) is 2.47. The zero-order valence-corrected chi connectivity index (χ0v) is 15.0. The van der Waals surface area contributed by atoms with Gasteiger partial charge in [0, 0.05) is 11.3 Å². The molecule has 4 N–H and O–H groups in total. The predicted molar refractivity (Wildman–Crippen MR) is 97.7 cm³/mol. The number of nitrogens with one attached hydrogen (secondary N) is 2. The third-order valence-corrected chi connectivity index (χ3v) is 4.30. The molecule has 1 aromatic carbocycles. The molecule has 7 nitrogen and oxygen atoms in total. The molecule has 0 spiro atoms. The van der Waals surface area contributed by atoms with Crippen LogP contribution in [0.5, 0.6) is 0 Å². The minimum absolute atomic E-state index is 0.0833. The average molecular weight is 357 g/mol. The Morgan fingerprint density at radius 3 is 2.50 bits per heavy atom. The van der Waals surface area contributed by atoms with E-state index in [1.54, 1.807) is 30.3 Å². The van der Waals surface area contributed by atoms with Crippen molar-refractivity contribution in [2.75, 3.05) is 5.32 Å². The molecular weight excluding hydrogens is 334 g/mol. The van der Waals surface area contributed by atoms with Gasteiger partial charge in [-0.3, -0.25) is 14.4 Å². The van der Waals surface area contributed by atoms with Gasteiger partial charge in [0.15, 0.2) is 5.76 Å². The summed E-state index contributed by atoms with van der Waals surface area (Å²) in [4.78, 5) is 36.2. The highest BCUT2D eigenvalue weighted by Gasteiger charge is 2.24. The standard InChI is InChI=1S/C19H23N3O4/c1-4-11(2)16(17(20)23)22-18(24)13-8-7-12(3)14(10-13)21-19(25)15-6-5-9-26-15/h5-11,16H,4H2,1-3H3,(H2,20,23)(H,21,25)(H,22,24). The summed E-state index contributed by atoms with van der Waals surface area (Å²) in [6.07, 6.45) is 2.11. The maximum absolute atomic E-state index is 12.5. The van der Waals surface area contributed by atoms with Gasteiger partial charge < -0.3 is 20.8 Å². The molecule has 1 aromatic heterocycles. The summed E-state index contributed by atoms with van der Waals surface area (Å²) in [6, 6.07) is 7.31. The lowest BCUT2D eigenvalue weighted by Crippen LogP contribution is -2.48. The van der Waals surface area contributed by atoms with E-state index in [4.69, 9.17) is 10.2 Å². The largest absolute Gasteiger partial charge is 0.459 e. The van der Waals surface area contributed by atoms with Crippen molar-refractivity contribution in [3.63, 3.8) is 0 Å². The van der Waals surface area contributed by atoms with Crippen LogP contribution in [-0.2, 0) is 4.79 Å². The number of primary amides is 1. The van der Waals surface area contributed by atoms with Gasteiger partial charge in [0.2, 0.25) is 5.91 Å². The third kappa shape index (κ3) is 4.50. The Hall–Kier alpha value is -3.09. The van der Waals surface area contributed by atoms with E-state index in [9.17, 15) is 14.4 Å². The lowest BCUT2D eigenvalue weighted by Gasteiger charge is -2.21. The summed E-state index contributed by atoms with van der Waals surface area (Å²) >= 11 is 0. The Morgan fingerprint density at radius 1 is 1.19 bits per heavy atom. The molecule has 26 heavy (non-hydrogen) atoms. The highest BCUT2D eigenvalue weighted by molar-refractivity contribution is 6.04. The fourth-order valence-electron chi connectivity index (χ4n) is 2.44. The molecule has 2 aromatic rings. The Kier molecular flexibility index (Phi) is 6.16. The molecule has 0 bridgehead atoms. The van der Waals surface area contributed by atoms with Crippen molar-refractivity contribution >= 4 is 23.4 Å². The van der Waals surface area contributed by atoms with Crippen LogP contribution >= 0.6 is 0 Å². The van der Waals surface area contributed by atoms with Crippen LogP contribution in [0.1, 0.15) is 46.7 Å². The number of hydrogen-bond donors (Lipinski definition) is 3. The van der Waals surface area contributed by atoms with E-state index < -0.39 is 23.8 Å². The summed E-state index contributed by atoms with van der Waals surface area (Å²) in [6.45, 7) is 5.57. The molecule has 0 aliphatic carbocycles. The van der Waals surface area contributed by atoms with Gasteiger partial charge in [-0.1, -0.05) is 26.3 Å². The van der Waals surface area contributed by atoms with Crippen LogP contribution in [0.2, 0.25) is 0 Å². The number of aryl methyl sites for hydroxylation is 1. The molecule has 2 unspecified atom stereocenters. The molecule has 1 heterocycles. The Balaban J connectivity index is 2.18. The summed E-state index contributed by atoms with van der Waals surface area (Å²) in [7, 11) is 0. The average Bonchev–Trinajstić information content (AvgIpc) is 3.15. The zero-order valence-electron chi connectivity index (χ0n) is 15.0. The maximum atomic E-state index is 12.5. The van der Waals surface area contributed by atoms with Gasteiger partial charge in [0.25, 0.3) is 11.8 Å². The van der Waals surface area contributed by atoms with Crippen molar-refractivity contribution in [1.82, 2.24) is 5.32 Å². The molecule has 138 valence electrons. The van der Waals surface area contributed by atoms with Crippen LogP contribution < -0.4 is 16.4 Å². The van der Waals surface area contributed by atoms with Crippen LogP contribution in [-0.4, -0.2) is 23.8 Å². The van der Waals surface area contributed by atoms with E-state index >= 15 is 0 Å². The molecule has 0 saturated carbocycles. The van der Waals surface area contributed by atoms with Crippen LogP contribution in [0.15, 0.2) is 41.0 Å². The molecule has 0 radical (unpaired) electrons. The first-order chi connectivity index (χ1) is 12.3. The van der Waals surface area contributed by atoms with Crippen molar-refractivity contribution in [2.45, 2.75) is 33.2 Å². The number of amides is 3. The lowest BCUT2D eigenvalue weighted by molar-refractivity contribution is -0.120. The first-order valence-electron chi connectivity index (χ1n) is 8.39. The second-order valence-corrected chi connectivity index (χ2v) is 6.20. The first kappa shape index (κ1) is 19.2. The van der Waals surface area contributed by atoms with Gasteiger partial charge >= 0.3 is 0 Å². The molecule has 0 aliphatic rings. The van der Waals surface area contributed by atoms with E-state index in [2.05, 4.69) is 10.6 Å². The summed E-state index contributed by atoms with van der Waals surface area (Å²) in [5, 5.41) is 5.38. The fourth-order valence-corrected chi connectivity index (χ4v) is 2.44. The van der Waals surface area contributed by atoms with Crippen LogP contribution in [0, 0.1) is 12.8 Å². The summed E-state index contributed by atoms with van der Waals surface area (Å²) < 4.78 is 5.06. The number of rotatable bonds is 7. The number of hydrogen-bond acceptors (Lipinski definition) is 4. The quantitative estimate of drug-likeness (QED) is 0.706. The Morgan fingerprint density at radius 2 is 1.92 bits per heavy atom. The molecule has 3 amide bonds. The monoisotopic (exact) mass is 357 g/mol. The van der Waals surface area contributed by atoms with Crippen molar-refractivity contribution in [1.29, 1.82) is 0 Å². The van der Waals surface area contributed by atoms with Gasteiger partial charge in [0.05, 0.1) is 6.26 Å². The second-order valence-electron chi connectivity index (χ2n) is 6.20. The molecular formula is C19H23N3O4. The minimum Gasteiger partial charge on any atom is -0.459 e. The van der Waals surface area contributed by atoms with Crippen molar-refractivity contribution in [2.24, 2.45) is 11.7 Å². The second kappa shape index (κ2) is 8.33. The number of carbonyl (C=O) groups excluding carboxylic acids is 3. The number of benzene rings is 1. The molecule has 2 atom stereocenters. The van der Waals surface area contributed by atoms with Gasteiger partial charge in [-0.05, 0) is 42.7 Å². The topological polar surface area (TPSA) is 114 Å². The SMILES string of the molecule is CCC(C)C(NC(=O)c1ccc(C)c(NC(=O)c2ccco2)c1)C(N)=O. The number of furan rings is 1. The van der Waals surface area contributed by atoms with E-state index in [1.165, 1.54) is 6.26 Å². The van der Waals surface area contributed by atoms with E-state index in [0.717, 1.165) is 5.56 Å². The van der Waals surface area contributed by atoms with E-state index in [-0.39, 0.29) is 11.7 Å². The molecule has 0 saturated heterocycles. The van der Waals surface area contributed by atoms with E-state index in [1.807, 2.05) is 20.8 Å². The van der Waals surface area contributed by atoms with Crippen molar-refractivity contribution < 1.29 is 18.8 Å². The Bertz CT molecular complexity index is 799. The van der Waals surface area contributed by atoms with Crippen molar-refractivity contribution in [3.05, 3.63) is 53.5 Å². The number of nitrogens with two attached hydrogens (primary N) is 1. The van der Waals surface area contributed by atoms with Gasteiger partial charge in [0.1, 0.15) is 6.04 Å². The highest BCUT2D eigenvalue weighted by Crippen LogP contribution is 2.19. The molecule has 0 fully saturated rings.